The van der Waals surface area contributed by atoms with E-state index in [2.05, 4.69) is 24.3 Å². The Morgan fingerprint density at radius 1 is 1.24 bits per heavy atom. The Hall–Kier alpha value is -0.710. The van der Waals surface area contributed by atoms with Gasteiger partial charge in [0.1, 0.15) is 11.9 Å². The zero-order valence-corrected chi connectivity index (χ0v) is 13.4. The molecule has 21 heavy (non-hydrogen) atoms. The molecule has 0 bridgehead atoms. The molecule has 1 aromatic rings. The highest BCUT2D eigenvalue weighted by atomic mass is 32.2. The van der Waals surface area contributed by atoms with Gasteiger partial charge in [0.2, 0.25) is 0 Å². The van der Waals surface area contributed by atoms with Gasteiger partial charge in [-0.05, 0) is 55.0 Å². The molecule has 1 spiro atoms. The highest BCUT2D eigenvalue weighted by Crippen LogP contribution is 2.38. The van der Waals surface area contributed by atoms with Crippen LogP contribution in [0.5, 0.6) is 5.75 Å². The van der Waals surface area contributed by atoms with Crippen LogP contribution in [0.15, 0.2) is 24.3 Å². The second-order valence-electron chi connectivity index (χ2n) is 6.06. The van der Waals surface area contributed by atoms with Crippen LogP contribution >= 0.6 is 11.8 Å². The first kappa shape index (κ1) is 15.2. The number of benzene rings is 1. The number of rotatable bonds is 4. The molecule has 4 heteroatoms. The van der Waals surface area contributed by atoms with Crippen molar-refractivity contribution < 1.29 is 9.47 Å². The Labute approximate surface area is 131 Å². The van der Waals surface area contributed by atoms with Crippen molar-refractivity contribution in [3.8, 4) is 5.75 Å². The molecule has 2 fully saturated rings. The predicted octanol–water partition coefficient (Wildman–Crippen LogP) is 3.01. The van der Waals surface area contributed by atoms with Crippen LogP contribution in [0.25, 0.3) is 0 Å². The summed E-state index contributed by atoms with van der Waals surface area (Å²) in [5, 5.41) is 0. The maximum Gasteiger partial charge on any atom is 0.119 e. The summed E-state index contributed by atoms with van der Waals surface area (Å²) < 4.78 is 12.3. The van der Waals surface area contributed by atoms with Gasteiger partial charge >= 0.3 is 0 Å². The molecule has 0 aliphatic carbocycles. The van der Waals surface area contributed by atoms with Crippen molar-refractivity contribution in [2.45, 2.75) is 43.8 Å². The van der Waals surface area contributed by atoms with Gasteiger partial charge in [-0.15, -0.1) is 0 Å². The highest BCUT2D eigenvalue weighted by molar-refractivity contribution is 7.99. The van der Waals surface area contributed by atoms with Gasteiger partial charge in [0.15, 0.2) is 0 Å². The summed E-state index contributed by atoms with van der Waals surface area (Å²) >= 11 is 2.04. The first-order valence-electron chi connectivity index (χ1n) is 7.97. The van der Waals surface area contributed by atoms with Crippen LogP contribution in [0.2, 0.25) is 0 Å². The predicted molar refractivity (Wildman–Crippen MR) is 88.1 cm³/mol. The number of nitrogens with two attached hydrogens (primary N) is 1. The second-order valence-corrected chi connectivity index (χ2v) is 7.28. The Balaban J connectivity index is 1.59. The quantitative estimate of drug-likeness (QED) is 0.929. The number of thioether (sulfide) groups is 1. The van der Waals surface area contributed by atoms with Crippen LogP contribution in [0, 0.1) is 0 Å². The molecule has 2 aliphatic rings. The molecule has 3 nitrogen and oxygen atoms in total. The van der Waals surface area contributed by atoms with Gasteiger partial charge in [-0.2, -0.15) is 11.8 Å². The Bertz CT molecular complexity index is 437. The lowest BCUT2D eigenvalue weighted by Crippen LogP contribution is -2.46. The van der Waals surface area contributed by atoms with E-state index in [4.69, 9.17) is 15.2 Å². The van der Waals surface area contributed by atoms with Gasteiger partial charge in [-0.25, -0.2) is 0 Å². The van der Waals surface area contributed by atoms with E-state index in [1.807, 2.05) is 11.8 Å². The Kier molecular flexibility index (Phi) is 5.09. The third-order valence-corrected chi connectivity index (χ3v) is 5.50. The summed E-state index contributed by atoms with van der Waals surface area (Å²) in [5.41, 5.74) is 6.95. The monoisotopic (exact) mass is 307 g/mol. The molecule has 1 unspecified atom stereocenters. The van der Waals surface area contributed by atoms with Crippen LogP contribution in [0.4, 0.5) is 0 Å². The van der Waals surface area contributed by atoms with E-state index in [0.29, 0.717) is 12.6 Å². The molecule has 116 valence electrons. The molecule has 1 aromatic carbocycles. The molecule has 2 N–H and O–H groups in total. The summed E-state index contributed by atoms with van der Waals surface area (Å²) in [6, 6.07) is 8.39. The zero-order valence-electron chi connectivity index (χ0n) is 12.6. The van der Waals surface area contributed by atoms with Crippen molar-refractivity contribution in [1.29, 1.82) is 0 Å². The summed E-state index contributed by atoms with van der Waals surface area (Å²) in [6.07, 6.45) is 5.61. The molecule has 0 saturated carbocycles. The molecule has 1 atom stereocenters. The zero-order chi connectivity index (χ0) is 14.5. The summed E-state index contributed by atoms with van der Waals surface area (Å²) in [5.74, 6) is 3.42. The van der Waals surface area contributed by atoms with Crippen LogP contribution in [0.1, 0.15) is 31.2 Å². The third-order valence-electron chi connectivity index (χ3n) is 4.51. The topological polar surface area (TPSA) is 44.5 Å². The van der Waals surface area contributed by atoms with E-state index in [1.165, 1.54) is 29.9 Å². The molecule has 2 aliphatic heterocycles. The lowest BCUT2D eigenvalue weighted by Gasteiger charge is -2.43. The molecular weight excluding hydrogens is 282 g/mol. The molecule has 2 heterocycles. The van der Waals surface area contributed by atoms with Gasteiger partial charge in [-0.3, -0.25) is 0 Å². The van der Waals surface area contributed by atoms with Crippen LogP contribution < -0.4 is 10.5 Å². The average molecular weight is 307 g/mol. The van der Waals surface area contributed by atoms with Crippen LogP contribution in [0.3, 0.4) is 0 Å². The van der Waals surface area contributed by atoms with E-state index in [-0.39, 0.29) is 5.60 Å². The summed E-state index contributed by atoms with van der Waals surface area (Å²) in [6.45, 7) is 1.53. The van der Waals surface area contributed by atoms with Gasteiger partial charge < -0.3 is 15.2 Å². The van der Waals surface area contributed by atoms with E-state index in [0.717, 1.165) is 31.6 Å². The fourth-order valence-electron chi connectivity index (χ4n) is 3.27. The van der Waals surface area contributed by atoms with E-state index < -0.39 is 0 Å². The number of hydrogen-bond acceptors (Lipinski definition) is 4. The van der Waals surface area contributed by atoms with Crippen molar-refractivity contribution in [1.82, 2.24) is 0 Å². The van der Waals surface area contributed by atoms with Crippen molar-refractivity contribution in [2.75, 3.05) is 24.7 Å². The van der Waals surface area contributed by atoms with Crippen molar-refractivity contribution in [2.24, 2.45) is 5.73 Å². The van der Waals surface area contributed by atoms with Gasteiger partial charge in [0.25, 0.3) is 0 Å². The molecular formula is C17H25NO2S. The summed E-state index contributed by atoms with van der Waals surface area (Å²) in [7, 11) is 0. The fraction of sp³-hybridized carbons (Fsp3) is 0.647. The molecule has 3 rings (SSSR count). The maximum absolute atomic E-state index is 6.20. The average Bonchev–Trinajstić information content (AvgIpc) is 2.50. The van der Waals surface area contributed by atoms with E-state index in [9.17, 15) is 0 Å². The SMILES string of the molecule is NCCc1ccc(OC2CCOC3(CCSCC3)C2)cc1. The lowest BCUT2D eigenvalue weighted by atomic mass is 9.86. The highest BCUT2D eigenvalue weighted by Gasteiger charge is 2.39. The third kappa shape index (κ3) is 3.93. The maximum atomic E-state index is 6.20. The Morgan fingerprint density at radius 2 is 2.00 bits per heavy atom. The number of ether oxygens (including phenoxy) is 2. The van der Waals surface area contributed by atoms with Crippen molar-refractivity contribution in [3.63, 3.8) is 0 Å². The standard InChI is InChI=1S/C17H25NO2S/c18-9-5-14-1-3-15(4-2-14)20-16-6-10-19-17(13-16)7-11-21-12-8-17/h1-4,16H,5-13,18H2. The first-order valence-corrected chi connectivity index (χ1v) is 9.13. The Morgan fingerprint density at radius 3 is 2.71 bits per heavy atom. The van der Waals surface area contributed by atoms with Crippen LogP contribution in [-0.4, -0.2) is 36.4 Å². The molecule has 0 amide bonds. The molecule has 0 radical (unpaired) electrons. The smallest absolute Gasteiger partial charge is 0.119 e. The second kappa shape index (κ2) is 7.03. The fourth-order valence-corrected chi connectivity index (χ4v) is 4.51. The minimum absolute atomic E-state index is 0.0909. The van der Waals surface area contributed by atoms with Gasteiger partial charge in [0.05, 0.1) is 12.2 Å². The van der Waals surface area contributed by atoms with Gasteiger partial charge in [0, 0.05) is 12.8 Å². The van der Waals surface area contributed by atoms with Crippen molar-refractivity contribution in [3.05, 3.63) is 29.8 Å². The largest absolute Gasteiger partial charge is 0.490 e. The minimum Gasteiger partial charge on any atom is -0.490 e. The first-order chi connectivity index (χ1) is 10.3. The van der Waals surface area contributed by atoms with Crippen molar-refractivity contribution >= 4 is 11.8 Å². The number of hydrogen-bond donors (Lipinski definition) is 1. The summed E-state index contributed by atoms with van der Waals surface area (Å²) in [4.78, 5) is 0. The van der Waals surface area contributed by atoms with E-state index >= 15 is 0 Å². The molecule has 2 saturated heterocycles. The van der Waals surface area contributed by atoms with E-state index in [1.54, 1.807) is 0 Å². The van der Waals surface area contributed by atoms with Crippen LogP contribution in [-0.2, 0) is 11.2 Å². The molecule has 0 aromatic heterocycles. The van der Waals surface area contributed by atoms with Gasteiger partial charge in [-0.1, -0.05) is 12.1 Å². The lowest BCUT2D eigenvalue weighted by molar-refractivity contribution is -0.116. The minimum atomic E-state index is 0.0909. The normalized spacial score (nSPS) is 24.9.